The Labute approximate surface area is 198 Å². The highest BCUT2D eigenvalue weighted by Crippen LogP contribution is 2.43. The van der Waals surface area contributed by atoms with Crippen LogP contribution in [0.3, 0.4) is 0 Å². The topological polar surface area (TPSA) is 84.2 Å². The highest BCUT2D eigenvalue weighted by Gasteiger charge is 2.52. The molecule has 0 aromatic carbocycles. The predicted octanol–water partition coefficient (Wildman–Crippen LogP) is 4.87. The van der Waals surface area contributed by atoms with E-state index in [1.165, 1.54) is 6.42 Å². The molecule has 6 atom stereocenters. The Bertz CT molecular complexity index is 627. The van der Waals surface area contributed by atoms with Gasteiger partial charge < -0.3 is 16.4 Å². The minimum absolute atomic E-state index is 0.0422. The van der Waals surface area contributed by atoms with Crippen molar-refractivity contribution in [1.29, 1.82) is 0 Å². The van der Waals surface area contributed by atoms with E-state index in [-0.39, 0.29) is 29.7 Å². The standard InChI is InChI=1S/C27H53N3O2/c1-11-26(9,24(32)20-15-13-14-16-22(20)29-18(3)4)27(10,12-2)30-19(5)21(17-28)23(31)25(6,7)8/h18-22,29-30H,11-17,28H2,1-10H3/t19-,20-,21-,22+,26?,27?/m0/s1. The van der Waals surface area contributed by atoms with Crippen LogP contribution in [0.5, 0.6) is 0 Å². The summed E-state index contributed by atoms with van der Waals surface area (Å²) in [7, 11) is 0. The molecule has 0 radical (unpaired) electrons. The van der Waals surface area contributed by atoms with Gasteiger partial charge in [0, 0.05) is 52.9 Å². The summed E-state index contributed by atoms with van der Waals surface area (Å²) in [5.41, 5.74) is 4.68. The van der Waals surface area contributed by atoms with Crippen LogP contribution in [0.4, 0.5) is 0 Å². The highest BCUT2D eigenvalue weighted by molar-refractivity contribution is 5.89. The second kappa shape index (κ2) is 11.6. The van der Waals surface area contributed by atoms with E-state index in [9.17, 15) is 9.59 Å². The van der Waals surface area contributed by atoms with Gasteiger partial charge in [-0.3, -0.25) is 9.59 Å². The minimum atomic E-state index is -0.529. The summed E-state index contributed by atoms with van der Waals surface area (Å²) in [6.45, 7) is 21.1. The highest BCUT2D eigenvalue weighted by atomic mass is 16.1. The fourth-order valence-electron chi connectivity index (χ4n) is 5.67. The second-order valence-corrected chi connectivity index (χ2v) is 11.9. The molecular weight excluding hydrogens is 398 g/mol. The maximum absolute atomic E-state index is 14.2. The number of Topliss-reactive ketones (excluding diaryl/α,β-unsaturated/α-hetero) is 2. The number of nitrogens with one attached hydrogen (secondary N) is 2. The zero-order chi connectivity index (χ0) is 24.9. The van der Waals surface area contributed by atoms with Gasteiger partial charge >= 0.3 is 0 Å². The predicted molar refractivity (Wildman–Crippen MR) is 136 cm³/mol. The normalized spacial score (nSPS) is 25.6. The molecule has 5 heteroatoms. The van der Waals surface area contributed by atoms with E-state index in [2.05, 4.69) is 59.1 Å². The maximum Gasteiger partial charge on any atom is 0.145 e. The van der Waals surface area contributed by atoms with E-state index in [0.717, 1.165) is 32.1 Å². The van der Waals surface area contributed by atoms with Crippen molar-refractivity contribution in [1.82, 2.24) is 10.6 Å². The number of nitrogens with two attached hydrogens (primary N) is 1. The van der Waals surface area contributed by atoms with Crippen LogP contribution in [0, 0.1) is 22.7 Å². The lowest BCUT2D eigenvalue weighted by Crippen LogP contribution is -2.64. The van der Waals surface area contributed by atoms with Crippen molar-refractivity contribution in [3.8, 4) is 0 Å². The van der Waals surface area contributed by atoms with Gasteiger partial charge in [-0.05, 0) is 39.5 Å². The van der Waals surface area contributed by atoms with Gasteiger partial charge in [0.1, 0.15) is 11.6 Å². The first kappa shape index (κ1) is 29.3. The Morgan fingerprint density at radius 1 is 0.969 bits per heavy atom. The number of carbonyl (C=O) groups excluding carboxylic acids is 2. The number of hydrogen-bond acceptors (Lipinski definition) is 5. The second-order valence-electron chi connectivity index (χ2n) is 11.9. The SMILES string of the molecule is CCC(C)(N[C@@H](C)[C@H](CN)C(=O)C(C)(C)C)C(C)(CC)C(=O)[C@H]1CCCC[C@H]1NC(C)C. The summed E-state index contributed by atoms with van der Waals surface area (Å²) in [6, 6.07) is 0.511. The van der Waals surface area contributed by atoms with E-state index >= 15 is 0 Å². The lowest BCUT2D eigenvalue weighted by molar-refractivity contribution is -0.140. The Morgan fingerprint density at radius 2 is 1.53 bits per heavy atom. The summed E-state index contributed by atoms with van der Waals surface area (Å²) < 4.78 is 0. The minimum Gasteiger partial charge on any atom is -0.330 e. The molecule has 0 saturated heterocycles. The van der Waals surface area contributed by atoms with Gasteiger partial charge in [-0.1, -0.05) is 68.2 Å². The molecule has 1 fully saturated rings. The van der Waals surface area contributed by atoms with E-state index in [4.69, 9.17) is 5.73 Å². The fourth-order valence-corrected chi connectivity index (χ4v) is 5.67. The van der Waals surface area contributed by atoms with Gasteiger partial charge in [-0.15, -0.1) is 0 Å². The molecule has 0 heterocycles. The molecule has 1 aliphatic carbocycles. The molecule has 32 heavy (non-hydrogen) atoms. The number of ketones is 2. The molecule has 188 valence electrons. The molecule has 2 unspecified atom stereocenters. The molecule has 1 rings (SSSR count). The quantitative estimate of drug-likeness (QED) is 0.394. The van der Waals surface area contributed by atoms with Crippen LogP contribution >= 0.6 is 0 Å². The molecule has 0 spiro atoms. The third kappa shape index (κ3) is 6.42. The van der Waals surface area contributed by atoms with E-state index < -0.39 is 16.4 Å². The molecular formula is C27H53N3O2. The lowest BCUT2D eigenvalue weighted by Gasteiger charge is -2.50. The first-order valence-corrected chi connectivity index (χ1v) is 13.0. The summed E-state index contributed by atoms with van der Waals surface area (Å²) in [4.78, 5) is 27.3. The smallest absolute Gasteiger partial charge is 0.145 e. The number of rotatable bonds is 12. The Hall–Kier alpha value is -0.780. The fraction of sp³-hybridized carbons (Fsp3) is 0.926. The molecule has 0 aromatic heterocycles. The van der Waals surface area contributed by atoms with Crippen LogP contribution in [-0.4, -0.2) is 41.8 Å². The van der Waals surface area contributed by atoms with Crippen LogP contribution in [0.2, 0.25) is 0 Å². The largest absolute Gasteiger partial charge is 0.330 e. The van der Waals surface area contributed by atoms with E-state index in [1.54, 1.807) is 0 Å². The first-order valence-electron chi connectivity index (χ1n) is 13.0. The van der Waals surface area contributed by atoms with Crippen molar-refractivity contribution in [2.45, 2.75) is 131 Å². The van der Waals surface area contributed by atoms with Gasteiger partial charge in [0.2, 0.25) is 0 Å². The zero-order valence-electron chi connectivity index (χ0n) is 22.7. The molecule has 0 amide bonds. The van der Waals surface area contributed by atoms with Crippen molar-refractivity contribution in [2.75, 3.05) is 6.54 Å². The first-order chi connectivity index (χ1) is 14.7. The molecule has 1 saturated carbocycles. The van der Waals surface area contributed by atoms with Crippen molar-refractivity contribution < 1.29 is 9.59 Å². The van der Waals surface area contributed by atoms with Crippen LogP contribution in [-0.2, 0) is 9.59 Å². The van der Waals surface area contributed by atoms with Gasteiger partial charge in [-0.2, -0.15) is 0 Å². The Morgan fingerprint density at radius 3 is 1.97 bits per heavy atom. The molecule has 4 N–H and O–H groups in total. The van der Waals surface area contributed by atoms with E-state index in [1.807, 2.05) is 20.8 Å². The summed E-state index contributed by atoms with van der Waals surface area (Å²) >= 11 is 0. The van der Waals surface area contributed by atoms with Crippen LogP contribution in [0.25, 0.3) is 0 Å². The van der Waals surface area contributed by atoms with Gasteiger partial charge in [0.05, 0.1) is 0 Å². The molecule has 0 aliphatic heterocycles. The van der Waals surface area contributed by atoms with Crippen molar-refractivity contribution in [2.24, 2.45) is 28.4 Å². The van der Waals surface area contributed by atoms with Crippen LogP contribution in [0.15, 0.2) is 0 Å². The molecule has 5 nitrogen and oxygen atoms in total. The maximum atomic E-state index is 14.2. The average molecular weight is 452 g/mol. The Kier molecular flexibility index (Phi) is 10.6. The number of hydrogen-bond donors (Lipinski definition) is 3. The van der Waals surface area contributed by atoms with E-state index in [0.29, 0.717) is 18.4 Å². The van der Waals surface area contributed by atoms with Gasteiger partial charge in [0.25, 0.3) is 0 Å². The van der Waals surface area contributed by atoms with Gasteiger partial charge in [-0.25, -0.2) is 0 Å². The molecule has 0 bridgehead atoms. The van der Waals surface area contributed by atoms with Gasteiger partial charge in [0.15, 0.2) is 0 Å². The van der Waals surface area contributed by atoms with Crippen LogP contribution < -0.4 is 16.4 Å². The number of carbonyl (C=O) groups is 2. The van der Waals surface area contributed by atoms with Crippen molar-refractivity contribution in [3.05, 3.63) is 0 Å². The summed E-state index contributed by atoms with van der Waals surface area (Å²) in [6.07, 6.45) is 5.90. The molecule has 0 aromatic rings. The Balaban J connectivity index is 3.24. The summed E-state index contributed by atoms with van der Waals surface area (Å²) in [5, 5.41) is 7.45. The van der Waals surface area contributed by atoms with Crippen LogP contribution in [0.1, 0.15) is 108 Å². The van der Waals surface area contributed by atoms with Crippen molar-refractivity contribution >= 4 is 11.6 Å². The third-order valence-corrected chi connectivity index (χ3v) is 8.31. The molecule has 1 aliphatic rings. The monoisotopic (exact) mass is 451 g/mol. The third-order valence-electron chi connectivity index (χ3n) is 8.31. The van der Waals surface area contributed by atoms with Crippen molar-refractivity contribution in [3.63, 3.8) is 0 Å². The lowest BCUT2D eigenvalue weighted by atomic mass is 9.60. The summed E-state index contributed by atoms with van der Waals surface area (Å²) in [5.74, 6) is 0.313. The zero-order valence-corrected chi connectivity index (χ0v) is 22.7. The average Bonchev–Trinajstić information content (AvgIpc) is 2.72.